The first-order valence-electron chi connectivity index (χ1n) is 8.76. The van der Waals surface area contributed by atoms with Crippen LogP contribution < -0.4 is 10.1 Å². The second-order valence-electron chi connectivity index (χ2n) is 6.55. The third-order valence-electron chi connectivity index (χ3n) is 4.87. The number of rotatable bonds is 6. The van der Waals surface area contributed by atoms with Crippen molar-refractivity contribution in [2.24, 2.45) is 11.8 Å². The van der Waals surface area contributed by atoms with E-state index in [1.54, 1.807) is 11.8 Å². The number of carboxylic acid groups (broad SMARTS) is 1. The lowest BCUT2D eigenvalue weighted by molar-refractivity contribution is -0.144. The van der Waals surface area contributed by atoms with E-state index in [2.05, 4.69) is 10.4 Å². The summed E-state index contributed by atoms with van der Waals surface area (Å²) in [7, 11) is 1.62. The Kier molecular flexibility index (Phi) is 5.55. The zero-order chi connectivity index (χ0) is 18.5. The smallest absolute Gasteiger partial charge is 0.306 e. The first-order valence-corrected chi connectivity index (χ1v) is 8.76. The van der Waals surface area contributed by atoms with Gasteiger partial charge in [0.1, 0.15) is 5.75 Å². The molecule has 26 heavy (non-hydrogen) atoms. The SMILES string of the molecule is COc1ccc(-n2ccc(CNC(=O)C3CCC(C(=O)O)CC3)n2)cc1. The molecule has 0 bridgehead atoms. The topological polar surface area (TPSA) is 93.5 Å². The number of nitrogens with one attached hydrogen (secondary N) is 1. The van der Waals surface area contributed by atoms with Crippen molar-refractivity contribution in [3.63, 3.8) is 0 Å². The van der Waals surface area contributed by atoms with Gasteiger partial charge in [-0.25, -0.2) is 4.68 Å². The number of carbonyl (C=O) groups is 2. The number of amides is 1. The van der Waals surface area contributed by atoms with Crippen molar-refractivity contribution in [2.45, 2.75) is 32.2 Å². The highest BCUT2D eigenvalue weighted by Crippen LogP contribution is 2.29. The number of hydrogen-bond donors (Lipinski definition) is 2. The quantitative estimate of drug-likeness (QED) is 0.828. The predicted octanol–water partition coefficient (Wildman–Crippen LogP) is 2.39. The van der Waals surface area contributed by atoms with Crippen LogP contribution in [-0.2, 0) is 16.1 Å². The minimum Gasteiger partial charge on any atom is -0.497 e. The van der Waals surface area contributed by atoms with Crippen LogP contribution in [0.4, 0.5) is 0 Å². The molecule has 1 heterocycles. The molecule has 3 rings (SSSR count). The van der Waals surface area contributed by atoms with Crippen LogP contribution in [0.5, 0.6) is 5.75 Å². The van der Waals surface area contributed by atoms with Gasteiger partial charge in [0.2, 0.25) is 5.91 Å². The zero-order valence-corrected chi connectivity index (χ0v) is 14.7. The predicted molar refractivity (Wildman–Crippen MR) is 95.0 cm³/mol. The fourth-order valence-corrected chi connectivity index (χ4v) is 3.26. The molecule has 1 amide bonds. The highest BCUT2D eigenvalue weighted by atomic mass is 16.5. The molecule has 1 saturated carbocycles. The standard InChI is InChI=1S/C19H23N3O4/c1-26-17-8-6-16(7-9-17)22-11-10-15(21-22)12-20-18(23)13-2-4-14(5-3-13)19(24)25/h6-11,13-14H,2-5,12H2,1H3,(H,20,23)(H,24,25). The van der Waals surface area contributed by atoms with E-state index in [0.717, 1.165) is 17.1 Å². The number of aliphatic carboxylic acids is 1. The molecule has 7 heteroatoms. The molecular weight excluding hydrogens is 334 g/mol. The summed E-state index contributed by atoms with van der Waals surface area (Å²) in [6, 6.07) is 9.42. The van der Waals surface area contributed by atoms with Crippen molar-refractivity contribution in [2.75, 3.05) is 7.11 Å². The molecule has 0 spiro atoms. The van der Waals surface area contributed by atoms with E-state index in [-0.39, 0.29) is 17.7 Å². The number of methoxy groups -OCH3 is 1. The minimum absolute atomic E-state index is 0.0205. The van der Waals surface area contributed by atoms with Crippen LogP contribution in [0.2, 0.25) is 0 Å². The number of hydrogen-bond acceptors (Lipinski definition) is 4. The lowest BCUT2D eigenvalue weighted by Gasteiger charge is -2.25. The van der Waals surface area contributed by atoms with Gasteiger partial charge in [0.15, 0.2) is 0 Å². The van der Waals surface area contributed by atoms with E-state index in [1.807, 2.05) is 36.5 Å². The minimum atomic E-state index is -0.757. The van der Waals surface area contributed by atoms with Gasteiger partial charge in [-0.1, -0.05) is 0 Å². The molecule has 138 valence electrons. The molecule has 0 radical (unpaired) electrons. The Morgan fingerprint density at radius 2 is 1.81 bits per heavy atom. The lowest BCUT2D eigenvalue weighted by Crippen LogP contribution is -2.34. The molecule has 1 aromatic carbocycles. The van der Waals surface area contributed by atoms with E-state index < -0.39 is 5.97 Å². The van der Waals surface area contributed by atoms with Crippen LogP contribution in [0.15, 0.2) is 36.5 Å². The third-order valence-corrected chi connectivity index (χ3v) is 4.87. The van der Waals surface area contributed by atoms with Gasteiger partial charge in [-0.2, -0.15) is 5.10 Å². The maximum absolute atomic E-state index is 12.3. The Balaban J connectivity index is 1.51. The summed E-state index contributed by atoms with van der Waals surface area (Å²) in [5.41, 5.74) is 1.68. The molecule has 1 aromatic heterocycles. The van der Waals surface area contributed by atoms with Crippen molar-refractivity contribution < 1.29 is 19.4 Å². The van der Waals surface area contributed by atoms with E-state index in [0.29, 0.717) is 32.2 Å². The number of ether oxygens (including phenoxy) is 1. The largest absolute Gasteiger partial charge is 0.497 e. The Hall–Kier alpha value is -2.83. The third kappa shape index (κ3) is 4.22. The van der Waals surface area contributed by atoms with Gasteiger partial charge in [-0.05, 0) is 56.0 Å². The number of aromatic nitrogens is 2. The van der Waals surface area contributed by atoms with Gasteiger partial charge < -0.3 is 15.2 Å². The molecule has 1 aliphatic carbocycles. The molecule has 0 aliphatic heterocycles. The summed E-state index contributed by atoms with van der Waals surface area (Å²) in [6.45, 7) is 0.362. The maximum atomic E-state index is 12.3. The fourth-order valence-electron chi connectivity index (χ4n) is 3.26. The van der Waals surface area contributed by atoms with Gasteiger partial charge >= 0.3 is 5.97 Å². The highest BCUT2D eigenvalue weighted by Gasteiger charge is 2.29. The van der Waals surface area contributed by atoms with Crippen LogP contribution in [0.1, 0.15) is 31.4 Å². The summed E-state index contributed by atoms with van der Waals surface area (Å²) in [6.07, 6.45) is 4.24. The number of carbonyl (C=O) groups excluding carboxylic acids is 1. The number of benzene rings is 1. The average molecular weight is 357 g/mol. The summed E-state index contributed by atoms with van der Waals surface area (Å²) in [5.74, 6) is -0.403. The van der Waals surface area contributed by atoms with Crippen molar-refractivity contribution >= 4 is 11.9 Å². The van der Waals surface area contributed by atoms with Gasteiger partial charge in [-0.15, -0.1) is 0 Å². The molecule has 1 aliphatic rings. The molecule has 7 nitrogen and oxygen atoms in total. The van der Waals surface area contributed by atoms with Gasteiger partial charge in [0.05, 0.1) is 31.0 Å². The molecule has 2 aromatic rings. The van der Waals surface area contributed by atoms with Crippen molar-refractivity contribution in [3.05, 3.63) is 42.2 Å². The first kappa shape index (κ1) is 18.0. The van der Waals surface area contributed by atoms with Gasteiger partial charge in [0.25, 0.3) is 0 Å². The molecule has 0 atom stereocenters. The molecule has 0 unspecified atom stereocenters. The fraction of sp³-hybridized carbons (Fsp3) is 0.421. The Labute approximate surface area is 152 Å². The number of carboxylic acids is 1. The summed E-state index contributed by atoms with van der Waals surface area (Å²) in [4.78, 5) is 23.3. The second kappa shape index (κ2) is 8.03. The Morgan fingerprint density at radius 3 is 2.42 bits per heavy atom. The van der Waals surface area contributed by atoms with Crippen molar-refractivity contribution in [3.8, 4) is 11.4 Å². The van der Waals surface area contributed by atoms with E-state index in [4.69, 9.17) is 9.84 Å². The first-order chi connectivity index (χ1) is 12.6. The monoisotopic (exact) mass is 357 g/mol. The molecule has 1 fully saturated rings. The zero-order valence-electron chi connectivity index (χ0n) is 14.7. The van der Waals surface area contributed by atoms with E-state index in [1.165, 1.54) is 0 Å². The maximum Gasteiger partial charge on any atom is 0.306 e. The molecular formula is C19H23N3O4. The summed E-state index contributed by atoms with van der Waals surface area (Å²) >= 11 is 0. The van der Waals surface area contributed by atoms with Gasteiger partial charge in [0, 0.05) is 12.1 Å². The normalized spacial score (nSPS) is 19.7. The van der Waals surface area contributed by atoms with Crippen LogP contribution in [0, 0.1) is 11.8 Å². The van der Waals surface area contributed by atoms with Crippen molar-refractivity contribution in [1.82, 2.24) is 15.1 Å². The average Bonchev–Trinajstić information content (AvgIpc) is 3.15. The highest BCUT2D eigenvalue weighted by molar-refractivity contribution is 5.79. The molecule has 0 saturated heterocycles. The molecule has 2 N–H and O–H groups in total. The van der Waals surface area contributed by atoms with Crippen molar-refractivity contribution in [1.29, 1.82) is 0 Å². The Morgan fingerprint density at radius 1 is 1.15 bits per heavy atom. The van der Waals surface area contributed by atoms with E-state index >= 15 is 0 Å². The van der Waals surface area contributed by atoms with Crippen LogP contribution >= 0.6 is 0 Å². The van der Waals surface area contributed by atoms with E-state index in [9.17, 15) is 9.59 Å². The summed E-state index contributed by atoms with van der Waals surface area (Å²) in [5, 5.41) is 16.4. The van der Waals surface area contributed by atoms with Crippen LogP contribution in [-0.4, -0.2) is 33.9 Å². The summed E-state index contributed by atoms with van der Waals surface area (Å²) < 4.78 is 6.89. The number of nitrogens with zero attached hydrogens (tertiary/aromatic N) is 2. The van der Waals surface area contributed by atoms with Gasteiger partial charge in [-0.3, -0.25) is 9.59 Å². The Bertz CT molecular complexity index is 761. The lowest BCUT2D eigenvalue weighted by atomic mass is 9.81. The second-order valence-corrected chi connectivity index (χ2v) is 6.55. The van der Waals surface area contributed by atoms with Crippen LogP contribution in [0.25, 0.3) is 5.69 Å². The van der Waals surface area contributed by atoms with Crippen LogP contribution in [0.3, 0.4) is 0 Å².